The van der Waals surface area contributed by atoms with Crippen LogP contribution in [0.15, 0.2) is 12.1 Å². The number of halogens is 3. The highest BCUT2D eigenvalue weighted by Gasteiger charge is 2.58. The molecule has 1 saturated carbocycles. The van der Waals surface area contributed by atoms with E-state index in [0.717, 1.165) is 6.07 Å². The van der Waals surface area contributed by atoms with Crippen LogP contribution in [-0.4, -0.2) is 6.54 Å². The first kappa shape index (κ1) is 11.5. The van der Waals surface area contributed by atoms with Crippen molar-refractivity contribution >= 4 is 0 Å². The van der Waals surface area contributed by atoms with E-state index in [1.165, 1.54) is 6.07 Å². The smallest absolute Gasteiger partial charge is 0.194 e. The van der Waals surface area contributed by atoms with Gasteiger partial charge < -0.3 is 5.73 Å². The van der Waals surface area contributed by atoms with Gasteiger partial charge in [0, 0.05) is 0 Å². The summed E-state index contributed by atoms with van der Waals surface area (Å²) in [6.07, 6.45) is 0. The van der Waals surface area contributed by atoms with Crippen LogP contribution in [0.4, 0.5) is 13.2 Å². The lowest BCUT2D eigenvalue weighted by molar-refractivity contribution is 0.438. The molecule has 2 atom stereocenters. The van der Waals surface area contributed by atoms with Gasteiger partial charge in [0.25, 0.3) is 0 Å². The summed E-state index contributed by atoms with van der Waals surface area (Å²) in [4.78, 5) is 0. The van der Waals surface area contributed by atoms with E-state index in [-0.39, 0.29) is 22.8 Å². The highest BCUT2D eigenvalue weighted by atomic mass is 19.2. The minimum Gasteiger partial charge on any atom is -0.330 e. The molecule has 2 N–H and O–H groups in total. The SMILES string of the molecule is CC1(C)[C@H](CN)[C@H]1c1ccc(F)c(F)c1F. The maximum Gasteiger partial charge on any atom is 0.194 e. The fourth-order valence-corrected chi connectivity index (χ4v) is 2.58. The molecule has 0 aliphatic heterocycles. The highest BCUT2D eigenvalue weighted by molar-refractivity contribution is 5.34. The van der Waals surface area contributed by atoms with Crippen LogP contribution in [0.1, 0.15) is 25.3 Å². The van der Waals surface area contributed by atoms with Gasteiger partial charge in [0.2, 0.25) is 0 Å². The first-order valence-corrected chi connectivity index (χ1v) is 5.24. The molecule has 0 spiro atoms. The zero-order chi connectivity index (χ0) is 12.1. The number of hydrogen-bond donors (Lipinski definition) is 1. The monoisotopic (exact) mass is 229 g/mol. The van der Waals surface area contributed by atoms with Crippen molar-refractivity contribution in [2.45, 2.75) is 19.8 Å². The minimum atomic E-state index is -1.39. The molecule has 1 fully saturated rings. The zero-order valence-corrected chi connectivity index (χ0v) is 9.23. The molecule has 4 heteroatoms. The second kappa shape index (κ2) is 3.48. The van der Waals surface area contributed by atoms with Gasteiger partial charge in [-0.15, -0.1) is 0 Å². The van der Waals surface area contributed by atoms with Gasteiger partial charge in [-0.1, -0.05) is 19.9 Å². The van der Waals surface area contributed by atoms with Crippen molar-refractivity contribution in [3.63, 3.8) is 0 Å². The van der Waals surface area contributed by atoms with Crippen molar-refractivity contribution in [1.82, 2.24) is 0 Å². The average Bonchev–Trinajstić information content (AvgIpc) is 2.77. The molecule has 16 heavy (non-hydrogen) atoms. The van der Waals surface area contributed by atoms with Crippen LogP contribution in [0.2, 0.25) is 0 Å². The largest absolute Gasteiger partial charge is 0.330 e. The van der Waals surface area contributed by atoms with E-state index in [0.29, 0.717) is 6.54 Å². The van der Waals surface area contributed by atoms with Gasteiger partial charge in [-0.3, -0.25) is 0 Å². The molecule has 0 bridgehead atoms. The fourth-order valence-electron chi connectivity index (χ4n) is 2.58. The first-order valence-electron chi connectivity index (χ1n) is 5.24. The van der Waals surface area contributed by atoms with E-state index >= 15 is 0 Å². The Balaban J connectivity index is 2.41. The van der Waals surface area contributed by atoms with Gasteiger partial charge in [-0.05, 0) is 35.4 Å². The van der Waals surface area contributed by atoms with Gasteiger partial charge >= 0.3 is 0 Å². The van der Waals surface area contributed by atoms with Gasteiger partial charge in [0.1, 0.15) is 0 Å². The van der Waals surface area contributed by atoms with Crippen LogP contribution in [0.3, 0.4) is 0 Å². The van der Waals surface area contributed by atoms with Crippen molar-refractivity contribution in [2.75, 3.05) is 6.54 Å². The fraction of sp³-hybridized carbons (Fsp3) is 0.500. The van der Waals surface area contributed by atoms with Crippen LogP contribution < -0.4 is 5.73 Å². The molecule has 0 radical (unpaired) electrons. The highest BCUT2D eigenvalue weighted by Crippen LogP contribution is 2.64. The van der Waals surface area contributed by atoms with Crippen molar-refractivity contribution in [2.24, 2.45) is 17.1 Å². The van der Waals surface area contributed by atoms with E-state index in [2.05, 4.69) is 0 Å². The maximum atomic E-state index is 13.6. The predicted octanol–water partition coefficient (Wildman–Crippen LogP) is 2.80. The van der Waals surface area contributed by atoms with Crippen molar-refractivity contribution in [1.29, 1.82) is 0 Å². The normalized spacial score (nSPS) is 26.9. The van der Waals surface area contributed by atoms with Crippen molar-refractivity contribution in [3.05, 3.63) is 35.1 Å². The Hall–Kier alpha value is -1.03. The van der Waals surface area contributed by atoms with Crippen LogP contribution in [0, 0.1) is 28.8 Å². The Morgan fingerprint density at radius 1 is 1.19 bits per heavy atom. The Kier molecular flexibility index (Phi) is 2.49. The molecule has 0 heterocycles. The standard InChI is InChI=1S/C12H14F3N/c1-12(2)7(5-16)9(12)6-3-4-8(13)11(15)10(6)14/h3-4,7,9H,5,16H2,1-2H3/t7-,9-/m1/s1. The number of rotatable bonds is 2. The molecule has 1 aromatic rings. The van der Waals surface area contributed by atoms with Crippen LogP contribution in [-0.2, 0) is 0 Å². The molecule has 0 saturated heterocycles. The van der Waals surface area contributed by atoms with E-state index in [9.17, 15) is 13.2 Å². The Morgan fingerprint density at radius 3 is 2.31 bits per heavy atom. The topological polar surface area (TPSA) is 26.0 Å². The summed E-state index contributed by atoms with van der Waals surface area (Å²) in [7, 11) is 0. The Labute approximate surface area is 92.5 Å². The van der Waals surface area contributed by atoms with Gasteiger partial charge in [0.15, 0.2) is 17.5 Å². The summed E-state index contributed by atoms with van der Waals surface area (Å²) in [6.45, 7) is 4.34. The molecule has 0 unspecified atom stereocenters. The van der Waals surface area contributed by atoms with Crippen LogP contribution >= 0.6 is 0 Å². The molecule has 88 valence electrons. The molecule has 0 amide bonds. The molecule has 1 nitrogen and oxygen atoms in total. The number of nitrogens with two attached hydrogens (primary N) is 1. The molecule has 1 aromatic carbocycles. The van der Waals surface area contributed by atoms with Crippen molar-refractivity contribution < 1.29 is 13.2 Å². The quantitative estimate of drug-likeness (QED) is 0.775. The summed E-state index contributed by atoms with van der Waals surface area (Å²) in [5.41, 5.74) is 5.66. The third-order valence-electron chi connectivity index (χ3n) is 3.70. The molecule has 0 aromatic heterocycles. The summed E-state index contributed by atoms with van der Waals surface area (Å²) >= 11 is 0. The summed E-state index contributed by atoms with van der Waals surface area (Å²) in [6, 6.07) is 2.28. The van der Waals surface area contributed by atoms with E-state index in [1.807, 2.05) is 13.8 Å². The van der Waals surface area contributed by atoms with Crippen molar-refractivity contribution in [3.8, 4) is 0 Å². The number of benzene rings is 1. The van der Waals surface area contributed by atoms with Gasteiger partial charge in [0.05, 0.1) is 0 Å². The molecular formula is C12H14F3N. The lowest BCUT2D eigenvalue weighted by atomic mass is 10.0. The third-order valence-corrected chi connectivity index (χ3v) is 3.70. The summed E-state index contributed by atoms with van der Waals surface area (Å²) in [5.74, 6) is -3.60. The summed E-state index contributed by atoms with van der Waals surface area (Å²) in [5, 5.41) is 0. The van der Waals surface area contributed by atoms with E-state index < -0.39 is 17.5 Å². The predicted molar refractivity (Wildman–Crippen MR) is 55.4 cm³/mol. The molecular weight excluding hydrogens is 215 g/mol. The van der Waals surface area contributed by atoms with Gasteiger partial charge in [-0.25, -0.2) is 13.2 Å². The lowest BCUT2D eigenvalue weighted by Gasteiger charge is -2.05. The second-order valence-electron chi connectivity index (χ2n) is 4.91. The Bertz CT molecular complexity index is 429. The minimum absolute atomic E-state index is 0.118. The second-order valence-corrected chi connectivity index (χ2v) is 4.91. The average molecular weight is 229 g/mol. The van der Waals surface area contributed by atoms with E-state index in [4.69, 9.17) is 5.73 Å². The molecule has 1 aliphatic rings. The van der Waals surface area contributed by atoms with Crippen LogP contribution in [0.5, 0.6) is 0 Å². The van der Waals surface area contributed by atoms with Crippen LogP contribution in [0.25, 0.3) is 0 Å². The van der Waals surface area contributed by atoms with Gasteiger partial charge in [-0.2, -0.15) is 0 Å². The zero-order valence-electron chi connectivity index (χ0n) is 9.23. The summed E-state index contributed by atoms with van der Waals surface area (Å²) < 4.78 is 39.4. The third kappa shape index (κ3) is 1.44. The number of hydrogen-bond acceptors (Lipinski definition) is 1. The Morgan fingerprint density at radius 2 is 1.81 bits per heavy atom. The van der Waals surface area contributed by atoms with E-state index in [1.54, 1.807) is 0 Å². The first-order chi connectivity index (χ1) is 7.41. The lowest BCUT2D eigenvalue weighted by Crippen LogP contribution is -2.05. The molecule has 2 rings (SSSR count). The maximum absolute atomic E-state index is 13.6. The molecule has 1 aliphatic carbocycles.